The van der Waals surface area contributed by atoms with E-state index < -0.39 is 0 Å². The van der Waals surface area contributed by atoms with Gasteiger partial charge in [0, 0.05) is 21.7 Å². The highest BCUT2D eigenvalue weighted by Gasteiger charge is 2.17. The van der Waals surface area contributed by atoms with Gasteiger partial charge in [0.1, 0.15) is 17.5 Å². The van der Waals surface area contributed by atoms with Gasteiger partial charge in [-0.05, 0) is 49.2 Å². The summed E-state index contributed by atoms with van der Waals surface area (Å²) in [4.78, 5) is 12.4. The second kappa shape index (κ2) is 5.65. The van der Waals surface area contributed by atoms with Crippen LogP contribution in [0.25, 0.3) is 48.9 Å². The third-order valence-electron chi connectivity index (χ3n) is 4.95. The van der Waals surface area contributed by atoms with Gasteiger partial charge in [-0.1, -0.05) is 24.3 Å². The zero-order valence-corrected chi connectivity index (χ0v) is 14.9. The van der Waals surface area contributed by atoms with E-state index in [4.69, 9.17) is 11.0 Å². The summed E-state index contributed by atoms with van der Waals surface area (Å²) in [6.45, 7) is 11.4. The van der Waals surface area contributed by atoms with Crippen molar-refractivity contribution in [2.24, 2.45) is 0 Å². The Balaban J connectivity index is 1.91. The molecule has 0 saturated heterocycles. The second-order valence-electron chi connectivity index (χ2n) is 6.77. The minimum Gasteiger partial charge on any atom is -0.455 e. The fourth-order valence-corrected chi connectivity index (χ4v) is 3.76. The summed E-state index contributed by atoms with van der Waals surface area (Å²) >= 11 is 0. The predicted molar refractivity (Wildman–Crippen MR) is 108 cm³/mol. The van der Waals surface area contributed by atoms with Gasteiger partial charge in [0.2, 0.25) is 0 Å². The van der Waals surface area contributed by atoms with Gasteiger partial charge in [0.15, 0.2) is 5.69 Å². The van der Waals surface area contributed by atoms with E-state index in [9.17, 15) is 0 Å². The smallest absolute Gasteiger partial charge is 0.189 e. The molecule has 0 unspecified atom stereocenters. The van der Waals surface area contributed by atoms with E-state index in [-0.39, 0.29) is 0 Å². The van der Waals surface area contributed by atoms with Gasteiger partial charge in [-0.2, -0.15) is 0 Å². The van der Waals surface area contributed by atoms with Crippen molar-refractivity contribution in [2.75, 3.05) is 0 Å². The molecular formula is C23H15N3O. The zero-order valence-electron chi connectivity index (χ0n) is 14.9. The average molecular weight is 349 g/mol. The molecule has 0 saturated carbocycles. The molecule has 3 aromatic carbocycles. The fourth-order valence-electron chi connectivity index (χ4n) is 3.76. The van der Waals surface area contributed by atoms with Crippen molar-refractivity contribution in [1.82, 2.24) is 9.97 Å². The molecule has 5 rings (SSSR count). The molecule has 0 spiro atoms. The molecule has 0 atom stereocenters. The Morgan fingerprint density at radius 3 is 2.70 bits per heavy atom. The van der Waals surface area contributed by atoms with Gasteiger partial charge < -0.3 is 4.42 Å². The van der Waals surface area contributed by atoms with Gasteiger partial charge in [-0.25, -0.2) is 14.8 Å². The van der Waals surface area contributed by atoms with Crippen LogP contribution in [0.3, 0.4) is 0 Å². The molecule has 0 bridgehead atoms. The lowest BCUT2D eigenvalue weighted by Crippen LogP contribution is -1.90. The Kier molecular flexibility index (Phi) is 3.25. The van der Waals surface area contributed by atoms with E-state index >= 15 is 0 Å². The first kappa shape index (κ1) is 15.5. The first-order chi connectivity index (χ1) is 13.2. The van der Waals surface area contributed by atoms with Crippen LogP contribution in [0.5, 0.6) is 0 Å². The number of fused-ring (bicyclic) bond motifs is 4. The van der Waals surface area contributed by atoms with Crippen LogP contribution in [0.15, 0.2) is 59.3 Å². The molecule has 0 aliphatic rings. The van der Waals surface area contributed by atoms with E-state index in [1.54, 1.807) is 18.5 Å². The average Bonchev–Trinajstić information content (AvgIpc) is 3.06. The second-order valence-corrected chi connectivity index (χ2v) is 6.77. The first-order valence-electron chi connectivity index (χ1n) is 8.71. The van der Waals surface area contributed by atoms with Crippen LogP contribution < -0.4 is 0 Å². The van der Waals surface area contributed by atoms with Crippen LogP contribution in [0.1, 0.15) is 11.1 Å². The Morgan fingerprint density at radius 1 is 0.963 bits per heavy atom. The largest absolute Gasteiger partial charge is 0.455 e. The Bertz CT molecular complexity index is 1410. The van der Waals surface area contributed by atoms with E-state index in [1.807, 2.05) is 18.2 Å². The Labute approximate surface area is 155 Å². The highest BCUT2D eigenvalue weighted by atomic mass is 16.3. The van der Waals surface area contributed by atoms with Crippen LogP contribution in [-0.4, -0.2) is 9.97 Å². The van der Waals surface area contributed by atoms with Crippen LogP contribution in [-0.2, 0) is 0 Å². The third-order valence-corrected chi connectivity index (χ3v) is 4.95. The highest BCUT2D eigenvalue weighted by molar-refractivity contribution is 6.12. The number of hydrogen-bond donors (Lipinski definition) is 0. The molecule has 0 N–H and O–H groups in total. The molecule has 0 radical (unpaired) electrons. The van der Waals surface area contributed by atoms with Gasteiger partial charge in [0.05, 0.1) is 17.8 Å². The van der Waals surface area contributed by atoms with Crippen molar-refractivity contribution in [3.8, 4) is 11.3 Å². The molecule has 4 heteroatoms. The highest BCUT2D eigenvalue weighted by Crippen LogP contribution is 2.39. The summed E-state index contributed by atoms with van der Waals surface area (Å²) in [5.41, 5.74) is 7.15. The SMILES string of the molecule is [C-]#[N+]c1ccc2c(-c3cc(C)cc4c3oc3cccc(C)c34)ncnc2c1. The Morgan fingerprint density at radius 2 is 1.85 bits per heavy atom. The lowest BCUT2D eigenvalue weighted by molar-refractivity contribution is 0.669. The van der Waals surface area contributed by atoms with Gasteiger partial charge in [-0.15, -0.1) is 0 Å². The van der Waals surface area contributed by atoms with Crippen molar-refractivity contribution in [1.29, 1.82) is 0 Å². The molecule has 0 amide bonds. The number of hydrogen-bond acceptors (Lipinski definition) is 3. The number of nitrogens with zero attached hydrogens (tertiary/aromatic N) is 3. The van der Waals surface area contributed by atoms with E-state index in [2.05, 4.69) is 46.9 Å². The number of rotatable bonds is 1. The van der Waals surface area contributed by atoms with Crippen molar-refractivity contribution >= 4 is 38.5 Å². The molecule has 27 heavy (non-hydrogen) atoms. The molecule has 128 valence electrons. The van der Waals surface area contributed by atoms with Crippen molar-refractivity contribution < 1.29 is 4.42 Å². The standard InChI is InChI=1S/C23H15N3O/c1-13-9-17-21-14(2)5-4-6-20(21)27-23(17)18(10-13)22-16-8-7-15(24-3)11-19(16)25-12-26-22/h4-12H,1-2H3. The van der Waals surface area contributed by atoms with Gasteiger partial charge >= 0.3 is 0 Å². The number of furan rings is 1. The van der Waals surface area contributed by atoms with Gasteiger partial charge in [0.25, 0.3) is 0 Å². The minimum atomic E-state index is 0.570. The Hall–Kier alpha value is -3.71. The number of benzene rings is 3. The summed E-state index contributed by atoms with van der Waals surface area (Å²) in [5, 5.41) is 3.16. The van der Waals surface area contributed by atoms with E-state index in [0.29, 0.717) is 5.69 Å². The lowest BCUT2D eigenvalue weighted by atomic mass is 9.99. The topological polar surface area (TPSA) is 43.3 Å². The maximum atomic E-state index is 7.22. The molecule has 0 fully saturated rings. The summed E-state index contributed by atoms with van der Waals surface area (Å²) in [6, 6.07) is 15.9. The summed E-state index contributed by atoms with van der Waals surface area (Å²) in [6.07, 6.45) is 1.55. The molecule has 2 aromatic heterocycles. The van der Waals surface area contributed by atoms with Crippen LogP contribution in [0.4, 0.5) is 5.69 Å². The van der Waals surface area contributed by atoms with E-state index in [0.717, 1.165) is 49.7 Å². The first-order valence-corrected chi connectivity index (χ1v) is 8.71. The third kappa shape index (κ3) is 2.29. The monoisotopic (exact) mass is 349 g/mol. The summed E-state index contributed by atoms with van der Waals surface area (Å²) < 4.78 is 6.26. The predicted octanol–water partition coefficient (Wildman–Crippen LogP) is 6.36. The van der Waals surface area contributed by atoms with Crippen LogP contribution >= 0.6 is 0 Å². The molecule has 4 nitrogen and oxygen atoms in total. The molecule has 2 heterocycles. The minimum absolute atomic E-state index is 0.570. The van der Waals surface area contributed by atoms with Crippen molar-refractivity contribution in [2.45, 2.75) is 13.8 Å². The maximum Gasteiger partial charge on any atom is 0.189 e. The van der Waals surface area contributed by atoms with Crippen LogP contribution in [0.2, 0.25) is 0 Å². The summed E-state index contributed by atoms with van der Waals surface area (Å²) in [7, 11) is 0. The van der Waals surface area contributed by atoms with E-state index in [1.165, 1.54) is 5.56 Å². The maximum absolute atomic E-state index is 7.22. The molecule has 5 aromatic rings. The summed E-state index contributed by atoms with van der Waals surface area (Å²) in [5.74, 6) is 0. The number of aryl methyl sites for hydroxylation is 2. The quantitative estimate of drug-likeness (QED) is 0.331. The molecule has 0 aliphatic heterocycles. The van der Waals surface area contributed by atoms with Crippen molar-refractivity contribution in [3.63, 3.8) is 0 Å². The zero-order chi connectivity index (χ0) is 18.5. The molecular weight excluding hydrogens is 334 g/mol. The van der Waals surface area contributed by atoms with Gasteiger partial charge in [-0.3, -0.25) is 0 Å². The van der Waals surface area contributed by atoms with Crippen LogP contribution in [0, 0.1) is 20.4 Å². The number of aromatic nitrogens is 2. The normalized spacial score (nSPS) is 11.3. The fraction of sp³-hybridized carbons (Fsp3) is 0.0870. The van der Waals surface area contributed by atoms with Crippen molar-refractivity contribution in [3.05, 3.63) is 77.4 Å². The lowest BCUT2D eigenvalue weighted by Gasteiger charge is -2.08. The molecule has 0 aliphatic carbocycles.